The normalized spacial score (nSPS) is 25.6. The molecule has 0 spiro atoms. The summed E-state index contributed by atoms with van der Waals surface area (Å²) in [7, 11) is 0. The van der Waals surface area contributed by atoms with Crippen molar-refractivity contribution in [1.82, 2.24) is 10.2 Å². The van der Waals surface area contributed by atoms with Gasteiger partial charge >= 0.3 is 18.3 Å². The number of rotatable bonds is 10. The number of likely N-dealkylation sites (tertiary alicyclic amines) is 1. The van der Waals surface area contributed by atoms with Gasteiger partial charge in [-0.1, -0.05) is 6.07 Å². The largest absolute Gasteiger partial charge is 0.481 e. The molecule has 0 amide bonds. The minimum atomic E-state index is -4.55. The molecular weight excluding hydrogens is 492 g/mol. The summed E-state index contributed by atoms with van der Waals surface area (Å²) >= 11 is 0. The average molecular weight is 526 g/mol. The Morgan fingerprint density at radius 1 is 1.08 bits per heavy atom. The van der Waals surface area contributed by atoms with E-state index >= 15 is 0 Å². The molecule has 1 aromatic rings. The number of carboxylic acid groups (broad SMARTS) is 1. The predicted molar refractivity (Wildman–Crippen MR) is 122 cm³/mol. The van der Waals surface area contributed by atoms with Crippen LogP contribution >= 0.6 is 0 Å². The fourth-order valence-electron chi connectivity index (χ4n) is 5.27. The molecule has 2 saturated heterocycles. The second-order valence-corrected chi connectivity index (χ2v) is 10.4. The first-order valence-corrected chi connectivity index (χ1v) is 12.0. The molecule has 3 N–H and O–H groups in total. The molecule has 3 rings (SSSR count). The number of aliphatic carboxylic acids is 1. The predicted octanol–water partition coefficient (Wildman–Crippen LogP) is 4.12. The van der Waals surface area contributed by atoms with Crippen LogP contribution in [0.1, 0.15) is 43.7 Å². The van der Waals surface area contributed by atoms with Crippen molar-refractivity contribution in [1.29, 1.82) is 0 Å². The van der Waals surface area contributed by atoms with Gasteiger partial charge in [-0.3, -0.25) is 9.69 Å². The van der Waals surface area contributed by atoms with Crippen molar-refractivity contribution < 1.29 is 41.4 Å². The Labute approximate surface area is 206 Å². The third kappa shape index (κ3) is 7.04. The number of benzene rings is 1. The number of carboxylic acids is 1. The number of nitrogens with zero attached hydrogens (tertiary/aromatic N) is 2. The molecule has 2 atom stereocenters. The van der Waals surface area contributed by atoms with Crippen molar-refractivity contribution in [2.24, 2.45) is 10.8 Å². The van der Waals surface area contributed by atoms with E-state index in [1.54, 1.807) is 11.8 Å². The van der Waals surface area contributed by atoms with E-state index in [1.807, 2.05) is 4.90 Å². The van der Waals surface area contributed by atoms with Crippen LogP contribution in [-0.4, -0.2) is 73.1 Å². The van der Waals surface area contributed by atoms with Gasteiger partial charge in [0.2, 0.25) is 0 Å². The van der Waals surface area contributed by atoms with Crippen LogP contribution in [-0.2, 0) is 17.5 Å². The molecule has 36 heavy (non-hydrogen) atoms. The highest BCUT2D eigenvalue weighted by Crippen LogP contribution is 2.41. The van der Waals surface area contributed by atoms with Crippen LogP contribution in [0, 0.1) is 10.8 Å². The van der Waals surface area contributed by atoms with Crippen LogP contribution in [0.25, 0.3) is 0 Å². The zero-order valence-corrected chi connectivity index (χ0v) is 20.2. The lowest BCUT2D eigenvalue weighted by molar-refractivity contribution is -0.146. The van der Waals surface area contributed by atoms with Crippen molar-refractivity contribution in [3.05, 3.63) is 29.3 Å². The zero-order chi connectivity index (χ0) is 26.8. The molecule has 0 radical (unpaired) electrons. The van der Waals surface area contributed by atoms with E-state index in [2.05, 4.69) is 5.32 Å². The molecule has 204 valence electrons. The Bertz CT molecular complexity index is 925. The van der Waals surface area contributed by atoms with Gasteiger partial charge < -0.3 is 20.4 Å². The lowest BCUT2D eigenvalue weighted by atomic mass is 9.80. The number of anilines is 1. The fraction of sp³-hybridized carbons (Fsp3) is 0.708. The minimum absolute atomic E-state index is 0.0932. The van der Waals surface area contributed by atoms with E-state index in [4.69, 9.17) is 0 Å². The zero-order valence-electron chi connectivity index (χ0n) is 20.2. The molecule has 0 saturated carbocycles. The van der Waals surface area contributed by atoms with E-state index in [0.29, 0.717) is 63.1 Å². The van der Waals surface area contributed by atoms with Gasteiger partial charge in [-0.05, 0) is 68.8 Å². The lowest BCUT2D eigenvalue weighted by Gasteiger charge is -2.30. The summed E-state index contributed by atoms with van der Waals surface area (Å²) in [4.78, 5) is 15.4. The molecule has 0 aromatic heterocycles. The molecule has 0 bridgehead atoms. The monoisotopic (exact) mass is 525 g/mol. The maximum atomic E-state index is 13.5. The summed E-state index contributed by atoms with van der Waals surface area (Å²) in [5, 5.41) is 21.5. The van der Waals surface area contributed by atoms with Crippen molar-refractivity contribution in [3.63, 3.8) is 0 Å². The van der Waals surface area contributed by atoms with Crippen LogP contribution < -0.4 is 10.2 Å². The topological polar surface area (TPSA) is 76.0 Å². The second-order valence-electron chi connectivity index (χ2n) is 10.4. The van der Waals surface area contributed by atoms with Crippen molar-refractivity contribution in [2.45, 2.75) is 51.5 Å². The van der Waals surface area contributed by atoms with Gasteiger partial charge in [0.1, 0.15) is 0 Å². The van der Waals surface area contributed by atoms with Gasteiger partial charge in [0.15, 0.2) is 0 Å². The number of halogens is 6. The van der Waals surface area contributed by atoms with E-state index in [0.717, 1.165) is 12.1 Å². The van der Waals surface area contributed by atoms with Gasteiger partial charge in [0.05, 0.1) is 17.5 Å². The molecule has 2 aliphatic rings. The third-order valence-corrected chi connectivity index (χ3v) is 7.45. The van der Waals surface area contributed by atoms with Crippen molar-refractivity contribution in [3.8, 4) is 0 Å². The number of nitrogens with one attached hydrogen (secondary N) is 1. The van der Waals surface area contributed by atoms with E-state index < -0.39 is 41.3 Å². The smallest absolute Gasteiger partial charge is 0.416 e. The van der Waals surface area contributed by atoms with Crippen LogP contribution in [0.2, 0.25) is 0 Å². The van der Waals surface area contributed by atoms with Crippen LogP contribution in [0.5, 0.6) is 0 Å². The second kappa shape index (κ2) is 10.7. The molecular formula is C24H33F6N3O3. The van der Waals surface area contributed by atoms with E-state index in [1.165, 1.54) is 6.07 Å². The standard InChI is InChI=1S/C24H33F6N3O3/c1-21(20(35)36)5-10-33(15-21)19-12-18(24(28,29)30)3-2-17(19)13-32-9-6-22(16-32,7-11-34)4-8-31-14-23(25,26)27/h2-3,12,31,34H,4-11,13-16H2,1H3,(H,35,36). The van der Waals surface area contributed by atoms with Crippen molar-refractivity contribution in [2.75, 3.05) is 50.8 Å². The quantitative estimate of drug-likeness (QED) is 0.315. The Morgan fingerprint density at radius 3 is 2.39 bits per heavy atom. The fourth-order valence-corrected chi connectivity index (χ4v) is 5.27. The summed E-state index contributed by atoms with van der Waals surface area (Å²) < 4.78 is 77.7. The van der Waals surface area contributed by atoms with Gasteiger partial charge in [0.25, 0.3) is 0 Å². The van der Waals surface area contributed by atoms with Crippen LogP contribution in [0.4, 0.5) is 32.0 Å². The van der Waals surface area contributed by atoms with Crippen LogP contribution in [0.15, 0.2) is 18.2 Å². The highest BCUT2D eigenvalue weighted by atomic mass is 19.4. The number of hydrogen-bond donors (Lipinski definition) is 3. The Morgan fingerprint density at radius 2 is 1.81 bits per heavy atom. The molecule has 2 fully saturated rings. The van der Waals surface area contributed by atoms with Gasteiger partial charge in [-0.15, -0.1) is 0 Å². The highest BCUT2D eigenvalue weighted by Gasteiger charge is 2.42. The molecule has 12 heteroatoms. The van der Waals surface area contributed by atoms with E-state index in [-0.39, 0.29) is 19.7 Å². The number of aliphatic hydroxyl groups is 1. The average Bonchev–Trinajstić information content (AvgIpc) is 3.35. The van der Waals surface area contributed by atoms with Crippen molar-refractivity contribution >= 4 is 11.7 Å². The summed E-state index contributed by atoms with van der Waals surface area (Å²) in [6.45, 7) is 2.33. The first-order chi connectivity index (χ1) is 16.7. The number of aliphatic hydroxyl groups excluding tert-OH is 1. The maximum Gasteiger partial charge on any atom is 0.416 e. The summed E-state index contributed by atoms with van der Waals surface area (Å²) in [5.41, 5.74) is -1.28. The maximum absolute atomic E-state index is 13.5. The van der Waals surface area contributed by atoms with Gasteiger partial charge in [0, 0.05) is 38.5 Å². The Kier molecular flexibility index (Phi) is 8.51. The first-order valence-electron chi connectivity index (χ1n) is 12.0. The molecule has 0 aliphatic carbocycles. The molecule has 2 aliphatic heterocycles. The molecule has 6 nitrogen and oxygen atoms in total. The Balaban J connectivity index is 1.76. The Hall–Kier alpha value is -2.05. The summed E-state index contributed by atoms with van der Waals surface area (Å²) in [6, 6.07) is 3.51. The lowest BCUT2D eigenvalue weighted by Crippen LogP contribution is -2.35. The molecule has 2 unspecified atom stereocenters. The first kappa shape index (κ1) is 28.5. The number of carbonyl (C=O) groups is 1. The molecule has 1 aromatic carbocycles. The summed E-state index contributed by atoms with van der Waals surface area (Å²) in [6.07, 6.45) is -7.04. The minimum Gasteiger partial charge on any atom is -0.481 e. The van der Waals surface area contributed by atoms with Gasteiger partial charge in [-0.2, -0.15) is 26.3 Å². The SMILES string of the molecule is CC1(C(=O)O)CCN(c2cc(C(F)(F)F)ccc2CN2CCC(CCO)(CCNCC(F)(F)F)C2)C1. The third-order valence-electron chi connectivity index (χ3n) is 7.45. The number of hydrogen-bond acceptors (Lipinski definition) is 5. The summed E-state index contributed by atoms with van der Waals surface area (Å²) in [5.74, 6) is -0.994. The molecule has 2 heterocycles. The van der Waals surface area contributed by atoms with E-state index in [9.17, 15) is 41.4 Å². The number of alkyl halides is 6. The van der Waals surface area contributed by atoms with Gasteiger partial charge in [-0.25, -0.2) is 0 Å². The highest BCUT2D eigenvalue weighted by molar-refractivity contribution is 5.76. The van der Waals surface area contributed by atoms with Crippen LogP contribution in [0.3, 0.4) is 0 Å².